The summed E-state index contributed by atoms with van der Waals surface area (Å²) in [5.41, 5.74) is 2.43. The molecule has 0 fully saturated rings. The van der Waals surface area contributed by atoms with Crippen molar-refractivity contribution in [2.45, 2.75) is 13.0 Å². The van der Waals surface area contributed by atoms with Crippen molar-refractivity contribution in [1.29, 1.82) is 0 Å². The number of rotatable bonds is 4. The SMILES string of the molecule is C[C@@H](N=C/C=C/c1ccccc1)c1ccccc1. The van der Waals surface area contributed by atoms with Gasteiger partial charge in [-0.2, -0.15) is 0 Å². The number of hydrogen-bond donors (Lipinski definition) is 0. The number of nitrogens with zero attached hydrogens (tertiary/aromatic N) is 1. The Kier molecular flexibility index (Phi) is 4.48. The van der Waals surface area contributed by atoms with E-state index in [4.69, 9.17) is 0 Å². The van der Waals surface area contributed by atoms with Crippen LogP contribution in [0.15, 0.2) is 71.7 Å². The Hall–Kier alpha value is -2.15. The molecule has 1 heteroatoms. The lowest BCUT2D eigenvalue weighted by Crippen LogP contribution is -1.88. The van der Waals surface area contributed by atoms with Crippen LogP contribution in [0.5, 0.6) is 0 Å². The maximum Gasteiger partial charge on any atom is 0.0720 e. The molecule has 0 N–H and O–H groups in total. The molecule has 1 atom stereocenters. The summed E-state index contributed by atoms with van der Waals surface area (Å²) in [7, 11) is 0. The summed E-state index contributed by atoms with van der Waals surface area (Å²) in [4.78, 5) is 4.50. The van der Waals surface area contributed by atoms with Crippen molar-refractivity contribution in [1.82, 2.24) is 0 Å². The molecule has 2 aromatic carbocycles. The first-order valence-corrected chi connectivity index (χ1v) is 6.16. The molecule has 0 aromatic heterocycles. The van der Waals surface area contributed by atoms with E-state index in [9.17, 15) is 0 Å². The summed E-state index contributed by atoms with van der Waals surface area (Å²) in [6.07, 6.45) is 5.90. The first-order chi connectivity index (χ1) is 8.86. The zero-order valence-electron chi connectivity index (χ0n) is 10.5. The highest BCUT2D eigenvalue weighted by molar-refractivity contribution is 5.78. The molecule has 0 aliphatic rings. The quantitative estimate of drug-likeness (QED) is 0.690. The Morgan fingerprint density at radius 3 is 2.17 bits per heavy atom. The van der Waals surface area contributed by atoms with Crippen molar-refractivity contribution in [3.05, 3.63) is 77.9 Å². The average Bonchev–Trinajstić information content (AvgIpc) is 2.45. The van der Waals surface area contributed by atoms with E-state index in [-0.39, 0.29) is 6.04 Å². The Labute approximate surface area is 109 Å². The monoisotopic (exact) mass is 235 g/mol. The van der Waals surface area contributed by atoms with Gasteiger partial charge in [0.25, 0.3) is 0 Å². The second-order valence-electron chi connectivity index (χ2n) is 4.15. The number of aliphatic imine (C=N–C) groups is 1. The first kappa shape index (κ1) is 12.3. The third-order valence-corrected chi connectivity index (χ3v) is 2.77. The van der Waals surface area contributed by atoms with Crippen LogP contribution in [0.4, 0.5) is 0 Å². The molecule has 0 aliphatic carbocycles. The van der Waals surface area contributed by atoms with Crippen LogP contribution in [0.1, 0.15) is 24.1 Å². The van der Waals surface area contributed by atoms with Gasteiger partial charge in [-0.25, -0.2) is 0 Å². The van der Waals surface area contributed by atoms with E-state index in [0.717, 1.165) is 0 Å². The molecular formula is C17H17N. The average molecular weight is 235 g/mol. The van der Waals surface area contributed by atoms with Crippen LogP contribution in [0, 0.1) is 0 Å². The minimum atomic E-state index is 0.201. The second kappa shape index (κ2) is 6.55. The topological polar surface area (TPSA) is 12.4 Å². The summed E-state index contributed by atoms with van der Waals surface area (Å²) in [6, 6.07) is 20.7. The lowest BCUT2D eigenvalue weighted by molar-refractivity contribution is 0.826. The zero-order valence-corrected chi connectivity index (χ0v) is 10.5. The zero-order chi connectivity index (χ0) is 12.6. The van der Waals surface area contributed by atoms with E-state index >= 15 is 0 Å². The molecule has 18 heavy (non-hydrogen) atoms. The largest absolute Gasteiger partial charge is 0.285 e. The van der Waals surface area contributed by atoms with Gasteiger partial charge in [0.1, 0.15) is 0 Å². The van der Waals surface area contributed by atoms with Crippen molar-refractivity contribution in [3.63, 3.8) is 0 Å². The molecule has 0 bridgehead atoms. The van der Waals surface area contributed by atoms with Crippen LogP contribution in [0.25, 0.3) is 6.08 Å². The summed E-state index contributed by atoms with van der Waals surface area (Å²) in [5.74, 6) is 0. The van der Waals surface area contributed by atoms with Crippen molar-refractivity contribution < 1.29 is 0 Å². The number of allylic oxidation sites excluding steroid dienone is 1. The summed E-state index contributed by atoms with van der Waals surface area (Å²) in [6.45, 7) is 2.10. The predicted molar refractivity (Wildman–Crippen MR) is 78.8 cm³/mol. The van der Waals surface area contributed by atoms with Gasteiger partial charge in [0.05, 0.1) is 6.04 Å². The van der Waals surface area contributed by atoms with Crippen LogP contribution in [0.3, 0.4) is 0 Å². The van der Waals surface area contributed by atoms with Crippen LogP contribution in [-0.2, 0) is 0 Å². The molecule has 0 heterocycles. The van der Waals surface area contributed by atoms with Crippen LogP contribution >= 0.6 is 0 Å². The first-order valence-electron chi connectivity index (χ1n) is 6.16. The highest BCUT2D eigenvalue weighted by Crippen LogP contribution is 2.14. The molecule has 0 unspecified atom stereocenters. The normalized spacial score (nSPS) is 13.2. The molecule has 0 radical (unpaired) electrons. The van der Waals surface area contributed by atoms with Gasteiger partial charge in [0, 0.05) is 6.21 Å². The Balaban J connectivity index is 1.94. The fraction of sp³-hybridized carbons (Fsp3) is 0.118. The highest BCUT2D eigenvalue weighted by atomic mass is 14.7. The third-order valence-electron chi connectivity index (χ3n) is 2.77. The van der Waals surface area contributed by atoms with E-state index in [1.165, 1.54) is 11.1 Å². The number of benzene rings is 2. The molecule has 2 rings (SSSR count). The lowest BCUT2D eigenvalue weighted by atomic mass is 10.1. The molecule has 2 aromatic rings. The molecule has 0 amide bonds. The minimum Gasteiger partial charge on any atom is -0.285 e. The highest BCUT2D eigenvalue weighted by Gasteiger charge is 1.98. The van der Waals surface area contributed by atoms with E-state index in [0.29, 0.717) is 0 Å². The van der Waals surface area contributed by atoms with Crippen molar-refractivity contribution in [3.8, 4) is 0 Å². The standard InChI is InChI=1S/C17H17N/c1-15(17-12-6-3-7-13-17)18-14-8-11-16-9-4-2-5-10-16/h2-15H,1H3/b11-8+,18-14?/t15-/m1/s1. The van der Waals surface area contributed by atoms with Crippen molar-refractivity contribution in [2.24, 2.45) is 4.99 Å². The van der Waals surface area contributed by atoms with Gasteiger partial charge >= 0.3 is 0 Å². The third kappa shape index (κ3) is 3.70. The smallest absolute Gasteiger partial charge is 0.0720 e. The van der Waals surface area contributed by atoms with Gasteiger partial charge in [-0.3, -0.25) is 4.99 Å². The fourth-order valence-electron chi connectivity index (χ4n) is 1.71. The van der Waals surface area contributed by atoms with Gasteiger partial charge in [-0.05, 0) is 24.1 Å². The molecule has 1 nitrogen and oxygen atoms in total. The molecule has 0 saturated heterocycles. The predicted octanol–water partition coefficient (Wildman–Crippen LogP) is 4.53. The van der Waals surface area contributed by atoms with E-state index in [1.807, 2.05) is 48.7 Å². The lowest BCUT2D eigenvalue weighted by Gasteiger charge is -2.04. The molecule has 0 saturated carbocycles. The van der Waals surface area contributed by atoms with Gasteiger partial charge in [0.15, 0.2) is 0 Å². The van der Waals surface area contributed by atoms with Gasteiger partial charge in [0.2, 0.25) is 0 Å². The second-order valence-corrected chi connectivity index (χ2v) is 4.15. The van der Waals surface area contributed by atoms with Gasteiger partial charge < -0.3 is 0 Å². The summed E-state index contributed by atoms with van der Waals surface area (Å²) in [5, 5.41) is 0. The minimum absolute atomic E-state index is 0.201. The van der Waals surface area contributed by atoms with Crippen molar-refractivity contribution in [2.75, 3.05) is 0 Å². The van der Waals surface area contributed by atoms with E-state index < -0.39 is 0 Å². The van der Waals surface area contributed by atoms with Crippen LogP contribution in [0.2, 0.25) is 0 Å². The molecule has 90 valence electrons. The molecular weight excluding hydrogens is 218 g/mol. The Morgan fingerprint density at radius 2 is 1.50 bits per heavy atom. The summed E-state index contributed by atoms with van der Waals surface area (Å²) >= 11 is 0. The fourth-order valence-corrected chi connectivity index (χ4v) is 1.71. The maximum atomic E-state index is 4.50. The molecule has 0 spiro atoms. The number of hydrogen-bond acceptors (Lipinski definition) is 1. The van der Waals surface area contributed by atoms with Crippen LogP contribution < -0.4 is 0 Å². The summed E-state index contributed by atoms with van der Waals surface area (Å²) < 4.78 is 0. The van der Waals surface area contributed by atoms with Crippen molar-refractivity contribution >= 4 is 12.3 Å². The van der Waals surface area contributed by atoms with E-state index in [1.54, 1.807) is 0 Å². The van der Waals surface area contributed by atoms with Crippen LogP contribution in [-0.4, -0.2) is 6.21 Å². The Bertz CT molecular complexity index is 512. The van der Waals surface area contributed by atoms with E-state index in [2.05, 4.69) is 42.3 Å². The van der Waals surface area contributed by atoms with Gasteiger partial charge in [-0.15, -0.1) is 0 Å². The van der Waals surface area contributed by atoms with Gasteiger partial charge in [-0.1, -0.05) is 66.7 Å². The Morgan fingerprint density at radius 1 is 0.889 bits per heavy atom. The molecule has 0 aliphatic heterocycles. The maximum absolute atomic E-state index is 4.50.